The molecule has 0 fully saturated rings. The second-order valence-electron chi connectivity index (χ2n) is 4.11. The lowest BCUT2D eigenvalue weighted by molar-refractivity contribution is -0.137. The van der Waals surface area contributed by atoms with Gasteiger partial charge in [0.2, 0.25) is 0 Å². The molecule has 1 unspecified atom stereocenters. The van der Waals surface area contributed by atoms with Gasteiger partial charge in [-0.05, 0) is 37.1 Å². The molecule has 0 bridgehead atoms. The summed E-state index contributed by atoms with van der Waals surface area (Å²) in [5, 5.41) is 17.7. The Balaban J connectivity index is 2.25. The van der Waals surface area contributed by atoms with Crippen LogP contribution in [0.4, 0.5) is 4.39 Å². The first-order valence-electron chi connectivity index (χ1n) is 6.13. The van der Waals surface area contributed by atoms with Crippen molar-refractivity contribution >= 4 is 5.97 Å². The van der Waals surface area contributed by atoms with Gasteiger partial charge in [0.15, 0.2) is 0 Å². The van der Waals surface area contributed by atoms with E-state index in [-0.39, 0.29) is 18.7 Å². The third-order valence-corrected chi connectivity index (χ3v) is 2.52. The van der Waals surface area contributed by atoms with Gasteiger partial charge in [0.25, 0.3) is 6.26 Å². The van der Waals surface area contributed by atoms with Crippen LogP contribution in [0, 0.1) is 29.2 Å². The summed E-state index contributed by atoms with van der Waals surface area (Å²) in [7, 11) is 0. The highest BCUT2D eigenvalue weighted by Gasteiger charge is 2.08. The van der Waals surface area contributed by atoms with E-state index >= 15 is 0 Å². The molecule has 0 radical (unpaired) electrons. The van der Waals surface area contributed by atoms with Crippen LogP contribution in [0.3, 0.4) is 0 Å². The Morgan fingerprint density at radius 3 is 2.70 bits per heavy atom. The number of benzene rings is 1. The van der Waals surface area contributed by atoms with Crippen molar-refractivity contribution in [3.8, 4) is 18.1 Å². The van der Waals surface area contributed by atoms with E-state index in [0.717, 1.165) is 0 Å². The minimum atomic E-state index is -0.663. The van der Waals surface area contributed by atoms with Gasteiger partial charge in [-0.3, -0.25) is 4.79 Å². The monoisotopic (exact) mass is 275 g/mol. The van der Waals surface area contributed by atoms with Gasteiger partial charge in [-0.25, -0.2) is 4.39 Å². The number of halogens is 1. The molecule has 1 atom stereocenters. The molecule has 0 amide bonds. The Morgan fingerprint density at radius 2 is 2.05 bits per heavy atom. The van der Waals surface area contributed by atoms with Crippen LogP contribution in [0.5, 0.6) is 0 Å². The van der Waals surface area contributed by atoms with Crippen molar-refractivity contribution in [1.29, 1.82) is 5.26 Å². The number of hydrogen-bond acceptors (Lipinski definition) is 4. The first kappa shape index (κ1) is 15.7. The smallest absolute Gasteiger partial charge is 0.321 e. The lowest BCUT2D eigenvalue weighted by atomic mass is 10.1. The van der Waals surface area contributed by atoms with Gasteiger partial charge >= 0.3 is 5.97 Å². The Kier molecular flexibility index (Phi) is 6.81. The van der Waals surface area contributed by atoms with Crippen molar-refractivity contribution in [2.45, 2.75) is 31.8 Å². The number of carbonyl (C=O) groups is 1. The van der Waals surface area contributed by atoms with Crippen LogP contribution in [0.1, 0.15) is 31.2 Å². The van der Waals surface area contributed by atoms with Gasteiger partial charge < -0.3 is 9.84 Å². The van der Waals surface area contributed by atoms with Gasteiger partial charge in [0, 0.05) is 18.4 Å². The van der Waals surface area contributed by atoms with Gasteiger partial charge in [-0.2, -0.15) is 0 Å². The summed E-state index contributed by atoms with van der Waals surface area (Å²) in [4.78, 5) is 10.9. The van der Waals surface area contributed by atoms with E-state index in [1.807, 2.05) is 0 Å². The Morgan fingerprint density at radius 1 is 1.35 bits per heavy atom. The van der Waals surface area contributed by atoms with Crippen LogP contribution in [-0.2, 0) is 9.53 Å². The number of nitrogens with zero attached hydrogens (tertiary/aromatic N) is 1. The number of aliphatic hydroxyl groups excluding tert-OH is 1. The third kappa shape index (κ3) is 6.53. The molecule has 0 aliphatic carbocycles. The molecule has 0 heterocycles. The van der Waals surface area contributed by atoms with Crippen molar-refractivity contribution in [2.24, 2.45) is 0 Å². The molecular formula is C15H14FNO3. The fourth-order valence-corrected chi connectivity index (χ4v) is 1.47. The van der Waals surface area contributed by atoms with Gasteiger partial charge in [0.1, 0.15) is 5.82 Å². The molecule has 0 aromatic heterocycles. The largest absolute Gasteiger partial charge is 0.393 e. The Hall–Kier alpha value is -2.37. The highest BCUT2D eigenvalue weighted by Crippen LogP contribution is 2.06. The number of esters is 1. The van der Waals surface area contributed by atoms with Crippen molar-refractivity contribution in [3.05, 3.63) is 35.6 Å². The number of hydrogen-bond donors (Lipinski definition) is 1. The molecule has 1 aromatic rings. The average Bonchev–Trinajstić information content (AvgIpc) is 2.43. The molecule has 0 saturated carbocycles. The molecule has 1 aromatic carbocycles. The molecule has 1 N–H and O–H groups in total. The predicted molar refractivity (Wildman–Crippen MR) is 69.5 cm³/mol. The molecule has 0 spiro atoms. The second kappa shape index (κ2) is 8.68. The molecule has 20 heavy (non-hydrogen) atoms. The van der Waals surface area contributed by atoms with E-state index < -0.39 is 12.1 Å². The Labute approximate surface area is 116 Å². The lowest BCUT2D eigenvalue weighted by Crippen LogP contribution is -2.10. The maximum absolute atomic E-state index is 12.6. The molecule has 104 valence electrons. The summed E-state index contributed by atoms with van der Waals surface area (Å²) in [6.07, 6.45) is 1.75. The number of rotatable bonds is 5. The van der Waals surface area contributed by atoms with E-state index in [2.05, 4.69) is 16.6 Å². The fraction of sp³-hybridized carbons (Fsp3) is 0.333. The van der Waals surface area contributed by atoms with Gasteiger partial charge in [-0.15, -0.1) is 5.26 Å². The molecular weight excluding hydrogens is 261 g/mol. The van der Waals surface area contributed by atoms with E-state index in [9.17, 15) is 14.3 Å². The van der Waals surface area contributed by atoms with Crippen molar-refractivity contribution in [2.75, 3.05) is 0 Å². The summed E-state index contributed by atoms with van der Waals surface area (Å²) in [6, 6.07) is 5.83. The minimum Gasteiger partial charge on any atom is -0.393 e. The Bertz CT molecular complexity index is 537. The quantitative estimate of drug-likeness (QED) is 0.507. The van der Waals surface area contributed by atoms with Gasteiger partial charge in [0.05, 0.1) is 6.10 Å². The van der Waals surface area contributed by atoms with Crippen LogP contribution in [0.2, 0.25) is 0 Å². The predicted octanol–water partition coefficient (Wildman–Crippen LogP) is 2.12. The highest BCUT2D eigenvalue weighted by molar-refractivity contribution is 5.70. The molecule has 1 rings (SSSR count). The molecule has 0 aliphatic heterocycles. The standard InChI is InChI=1S/C15H14FNO3/c16-13-7-5-12(6-8-13)3-1-2-4-14(18)9-10-15(19)20-11-17/h5-8,14,18H,2,4,9-10H2. The molecule has 5 heteroatoms. The first-order valence-corrected chi connectivity index (χ1v) is 6.13. The number of carbonyl (C=O) groups excluding carboxylic acids is 1. The highest BCUT2D eigenvalue weighted by atomic mass is 19.1. The fourth-order valence-electron chi connectivity index (χ4n) is 1.47. The average molecular weight is 275 g/mol. The molecule has 0 saturated heterocycles. The summed E-state index contributed by atoms with van der Waals surface area (Å²) in [5.74, 6) is 4.75. The maximum atomic E-state index is 12.6. The van der Waals surface area contributed by atoms with Gasteiger partial charge in [-0.1, -0.05) is 11.8 Å². The topological polar surface area (TPSA) is 70.3 Å². The first-order chi connectivity index (χ1) is 9.61. The second-order valence-corrected chi connectivity index (χ2v) is 4.11. The van der Waals surface area contributed by atoms with Crippen LogP contribution in [0.25, 0.3) is 0 Å². The van der Waals surface area contributed by atoms with Crippen LogP contribution in [0.15, 0.2) is 24.3 Å². The number of nitriles is 1. The summed E-state index contributed by atoms with van der Waals surface area (Å²) in [6.45, 7) is 0. The third-order valence-electron chi connectivity index (χ3n) is 2.52. The zero-order valence-electron chi connectivity index (χ0n) is 10.8. The number of ether oxygens (including phenoxy) is 1. The van der Waals surface area contributed by atoms with E-state index in [4.69, 9.17) is 5.26 Å². The molecule has 0 aliphatic rings. The summed E-state index contributed by atoms with van der Waals surface area (Å²) < 4.78 is 16.7. The summed E-state index contributed by atoms with van der Waals surface area (Å²) >= 11 is 0. The van der Waals surface area contributed by atoms with E-state index in [0.29, 0.717) is 18.4 Å². The maximum Gasteiger partial charge on any atom is 0.321 e. The lowest BCUT2D eigenvalue weighted by Gasteiger charge is -2.06. The van der Waals surface area contributed by atoms with E-state index in [1.165, 1.54) is 18.4 Å². The minimum absolute atomic E-state index is 0.000116. The van der Waals surface area contributed by atoms with E-state index in [1.54, 1.807) is 12.1 Å². The van der Waals surface area contributed by atoms with Crippen LogP contribution < -0.4 is 0 Å². The van der Waals surface area contributed by atoms with Crippen molar-refractivity contribution in [1.82, 2.24) is 0 Å². The molecule has 4 nitrogen and oxygen atoms in total. The summed E-state index contributed by atoms with van der Waals surface area (Å²) in [5.41, 5.74) is 0.707. The zero-order valence-corrected chi connectivity index (χ0v) is 10.8. The van der Waals surface area contributed by atoms with Crippen LogP contribution in [-0.4, -0.2) is 17.2 Å². The number of aliphatic hydroxyl groups is 1. The SMILES string of the molecule is N#COC(=O)CCC(O)CCC#Cc1ccc(F)cc1. The van der Waals surface area contributed by atoms with Crippen molar-refractivity contribution < 1.29 is 19.0 Å². The normalized spacial score (nSPS) is 10.8. The van der Waals surface area contributed by atoms with Crippen LogP contribution >= 0.6 is 0 Å². The van der Waals surface area contributed by atoms with Crippen molar-refractivity contribution in [3.63, 3.8) is 0 Å². The zero-order chi connectivity index (χ0) is 14.8.